The van der Waals surface area contributed by atoms with E-state index in [9.17, 15) is 9.50 Å². The molecule has 1 atom stereocenters. The minimum atomic E-state index is -0.250. The first-order valence-corrected chi connectivity index (χ1v) is 9.52. The maximum Gasteiger partial charge on any atom is 0.191 e. The van der Waals surface area contributed by atoms with E-state index in [1.807, 2.05) is 6.92 Å². The van der Waals surface area contributed by atoms with Gasteiger partial charge in [-0.2, -0.15) is 0 Å². The summed E-state index contributed by atoms with van der Waals surface area (Å²) in [5, 5.41) is 15.9. The Morgan fingerprint density at radius 3 is 2.92 bits per heavy atom. The third-order valence-corrected chi connectivity index (χ3v) is 5.04. The zero-order chi connectivity index (χ0) is 18.1. The van der Waals surface area contributed by atoms with Gasteiger partial charge in [0.25, 0.3) is 0 Å². The first kappa shape index (κ1) is 20.1. The van der Waals surface area contributed by atoms with E-state index in [0.717, 1.165) is 37.5 Å². The van der Waals surface area contributed by atoms with Gasteiger partial charge in [0.05, 0.1) is 17.6 Å². The minimum Gasteiger partial charge on any atom is -0.396 e. The van der Waals surface area contributed by atoms with E-state index in [1.165, 1.54) is 6.07 Å². The van der Waals surface area contributed by atoms with Crippen LogP contribution >= 0.6 is 15.9 Å². The number of aliphatic hydroxyl groups is 1. The molecule has 0 spiro atoms. The highest BCUT2D eigenvalue weighted by atomic mass is 79.9. The first-order chi connectivity index (χ1) is 12.1. The number of hydrogen-bond donors (Lipinski definition) is 3. The standard InChI is InChI=1S/C18H27BrFN3O2/c1-2-21-17(23-12-18(6-9-24)7-10-25-13-18)22-8-5-14-3-4-16(20)15(19)11-14/h3-4,11,24H,2,5-10,12-13H2,1H3,(H2,21,22,23). The van der Waals surface area contributed by atoms with Gasteiger partial charge in [0.15, 0.2) is 5.96 Å². The van der Waals surface area contributed by atoms with Crippen molar-refractivity contribution < 1.29 is 14.2 Å². The molecule has 7 heteroatoms. The van der Waals surface area contributed by atoms with Crippen LogP contribution in [0.5, 0.6) is 0 Å². The molecule has 0 aromatic heterocycles. The lowest BCUT2D eigenvalue weighted by Gasteiger charge is -2.24. The second-order valence-corrected chi connectivity index (χ2v) is 7.25. The van der Waals surface area contributed by atoms with Crippen LogP contribution in [0.2, 0.25) is 0 Å². The van der Waals surface area contributed by atoms with E-state index in [-0.39, 0.29) is 17.8 Å². The molecule has 0 aliphatic carbocycles. The molecule has 3 N–H and O–H groups in total. The second-order valence-electron chi connectivity index (χ2n) is 6.40. The van der Waals surface area contributed by atoms with Gasteiger partial charge in [0, 0.05) is 31.7 Å². The van der Waals surface area contributed by atoms with Crippen LogP contribution in [0.4, 0.5) is 4.39 Å². The fraction of sp³-hybridized carbons (Fsp3) is 0.611. The molecule has 0 saturated carbocycles. The maximum absolute atomic E-state index is 13.3. The molecule has 1 fully saturated rings. The summed E-state index contributed by atoms with van der Waals surface area (Å²) in [6.07, 6.45) is 2.41. The number of hydrogen-bond acceptors (Lipinski definition) is 3. The summed E-state index contributed by atoms with van der Waals surface area (Å²) in [7, 11) is 0. The van der Waals surface area contributed by atoms with Gasteiger partial charge in [-0.1, -0.05) is 6.07 Å². The summed E-state index contributed by atoms with van der Waals surface area (Å²) in [4.78, 5) is 4.68. The van der Waals surface area contributed by atoms with Crippen molar-refractivity contribution in [3.8, 4) is 0 Å². The summed E-state index contributed by atoms with van der Waals surface area (Å²) in [5.41, 5.74) is 0.997. The number of ether oxygens (including phenoxy) is 1. The third kappa shape index (κ3) is 6.24. The van der Waals surface area contributed by atoms with Crippen molar-refractivity contribution >= 4 is 21.9 Å². The lowest BCUT2D eigenvalue weighted by molar-refractivity contribution is 0.131. The van der Waals surface area contributed by atoms with Crippen LogP contribution in [0, 0.1) is 11.2 Å². The Labute approximate surface area is 157 Å². The smallest absolute Gasteiger partial charge is 0.191 e. The van der Waals surface area contributed by atoms with Gasteiger partial charge in [0.2, 0.25) is 0 Å². The SMILES string of the molecule is CCNC(=NCC1(CCO)CCOC1)NCCc1ccc(F)c(Br)c1. The van der Waals surface area contributed by atoms with Gasteiger partial charge < -0.3 is 20.5 Å². The van der Waals surface area contributed by atoms with Gasteiger partial charge in [-0.05, 0) is 59.8 Å². The highest BCUT2D eigenvalue weighted by Gasteiger charge is 2.34. The Morgan fingerprint density at radius 1 is 1.44 bits per heavy atom. The van der Waals surface area contributed by atoms with Crippen molar-refractivity contribution in [1.82, 2.24) is 10.6 Å². The van der Waals surface area contributed by atoms with Gasteiger partial charge >= 0.3 is 0 Å². The van der Waals surface area contributed by atoms with Crippen LogP contribution in [0.15, 0.2) is 27.7 Å². The van der Waals surface area contributed by atoms with Crippen LogP contribution in [0.1, 0.15) is 25.3 Å². The van der Waals surface area contributed by atoms with Gasteiger partial charge in [-0.15, -0.1) is 0 Å². The van der Waals surface area contributed by atoms with Gasteiger partial charge in [-0.25, -0.2) is 4.39 Å². The van der Waals surface area contributed by atoms with Gasteiger partial charge in [-0.3, -0.25) is 4.99 Å². The maximum atomic E-state index is 13.3. The fourth-order valence-corrected chi connectivity index (χ4v) is 3.32. The summed E-state index contributed by atoms with van der Waals surface area (Å²) in [5.74, 6) is 0.507. The zero-order valence-electron chi connectivity index (χ0n) is 14.7. The lowest BCUT2D eigenvalue weighted by atomic mass is 9.84. The van der Waals surface area contributed by atoms with E-state index in [1.54, 1.807) is 12.1 Å². The fourth-order valence-electron chi connectivity index (χ4n) is 2.90. The van der Waals surface area contributed by atoms with E-state index in [4.69, 9.17) is 4.74 Å². The van der Waals surface area contributed by atoms with Crippen molar-refractivity contribution in [1.29, 1.82) is 0 Å². The van der Waals surface area contributed by atoms with Crippen LogP contribution < -0.4 is 10.6 Å². The monoisotopic (exact) mass is 415 g/mol. The van der Waals surface area contributed by atoms with Crippen molar-refractivity contribution in [3.05, 3.63) is 34.1 Å². The Hall–Kier alpha value is -1.18. The molecule has 140 valence electrons. The molecule has 25 heavy (non-hydrogen) atoms. The molecule has 0 radical (unpaired) electrons. The zero-order valence-corrected chi connectivity index (χ0v) is 16.2. The average Bonchev–Trinajstić information content (AvgIpc) is 3.05. The van der Waals surface area contributed by atoms with Crippen LogP contribution in [-0.4, -0.2) is 50.5 Å². The number of benzene rings is 1. The molecule has 1 aliphatic rings. The summed E-state index contributed by atoms with van der Waals surface area (Å²) in [6, 6.07) is 5.06. The molecule has 1 unspecified atom stereocenters. The number of nitrogens with one attached hydrogen (secondary N) is 2. The second kappa shape index (κ2) is 10.1. The van der Waals surface area contributed by atoms with E-state index in [0.29, 0.717) is 30.6 Å². The predicted octanol–water partition coefficient (Wildman–Crippen LogP) is 2.47. The summed E-state index contributed by atoms with van der Waals surface area (Å²) >= 11 is 3.21. The Morgan fingerprint density at radius 2 is 2.28 bits per heavy atom. The van der Waals surface area contributed by atoms with Crippen molar-refractivity contribution in [3.63, 3.8) is 0 Å². The van der Waals surface area contributed by atoms with Crippen molar-refractivity contribution in [2.24, 2.45) is 10.4 Å². The van der Waals surface area contributed by atoms with Crippen LogP contribution in [0.3, 0.4) is 0 Å². The Balaban J connectivity index is 1.89. The average molecular weight is 416 g/mol. The van der Waals surface area contributed by atoms with E-state index in [2.05, 4.69) is 31.6 Å². The molecular formula is C18H27BrFN3O2. The predicted molar refractivity (Wildman–Crippen MR) is 101 cm³/mol. The van der Waals surface area contributed by atoms with Crippen molar-refractivity contribution in [2.75, 3.05) is 39.5 Å². The number of halogens is 2. The topological polar surface area (TPSA) is 65.9 Å². The molecule has 1 aromatic rings. The molecule has 1 aliphatic heterocycles. The van der Waals surface area contributed by atoms with Crippen LogP contribution in [-0.2, 0) is 11.2 Å². The minimum absolute atomic E-state index is 0.0566. The van der Waals surface area contributed by atoms with E-state index < -0.39 is 0 Å². The summed E-state index contributed by atoms with van der Waals surface area (Å²) in [6.45, 7) is 5.67. The molecule has 0 amide bonds. The number of aliphatic hydroxyl groups excluding tert-OH is 1. The number of rotatable bonds is 8. The quantitative estimate of drug-likeness (QED) is 0.450. The summed E-state index contributed by atoms with van der Waals surface area (Å²) < 4.78 is 19.3. The molecule has 1 heterocycles. The normalized spacial score (nSPS) is 20.7. The molecule has 0 bridgehead atoms. The van der Waals surface area contributed by atoms with E-state index >= 15 is 0 Å². The first-order valence-electron chi connectivity index (χ1n) is 8.73. The van der Waals surface area contributed by atoms with Crippen LogP contribution in [0.25, 0.3) is 0 Å². The number of aliphatic imine (C=N–C) groups is 1. The largest absolute Gasteiger partial charge is 0.396 e. The number of guanidine groups is 1. The van der Waals surface area contributed by atoms with Gasteiger partial charge in [0.1, 0.15) is 5.82 Å². The Bertz CT molecular complexity index is 577. The lowest BCUT2D eigenvalue weighted by Crippen LogP contribution is -2.39. The molecular weight excluding hydrogens is 389 g/mol. The Kier molecular flexibility index (Phi) is 8.12. The molecule has 1 aromatic carbocycles. The molecule has 1 saturated heterocycles. The number of nitrogens with zero attached hydrogens (tertiary/aromatic N) is 1. The third-order valence-electron chi connectivity index (χ3n) is 4.43. The van der Waals surface area contributed by atoms with Crippen molar-refractivity contribution in [2.45, 2.75) is 26.2 Å². The molecule has 5 nitrogen and oxygen atoms in total. The highest BCUT2D eigenvalue weighted by molar-refractivity contribution is 9.10. The highest BCUT2D eigenvalue weighted by Crippen LogP contribution is 2.32. The molecule has 2 rings (SSSR count).